The largest absolute Gasteiger partial charge is 0.360 e. The lowest BCUT2D eigenvalue weighted by Crippen LogP contribution is -2.35. The van der Waals surface area contributed by atoms with Gasteiger partial charge in [-0.05, 0) is 30.7 Å². The van der Waals surface area contributed by atoms with Crippen molar-refractivity contribution in [3.63, 3.8) is 0 Å². The lowest BCUT2D eigenvalue weighted by Gasteiger charge is -2.16. The molecule has 0 spiro atoms. The van der Waals surface area contributed by atoms with Crippen LogP contribution in [0.15, 0.2) is 59.1 Å². The zero-order chi connectivity index (χ0) is 22.8. The van der Waals surface area contributed by atoms with Gasteiger partial charge < -0.3 is 14.7 Å². The number of aromatic nitrogens is 1. The number of amides is 4. The Hall–Kier alpha value is -4.27. The molecule has 0 fully saturated rings. The maximum atomic E-state index is 12.8. The molecular weight excluding hydrogens is 412 g/mol. The van der Waals surface area contributed by atoms with Gasteiger partial charge in [0.15, 0.2) is 5.82 Å². The number of hydrogen-bond donors (Lipinski definition) is 1. The maximum Gasteiger partial charge on any atom is 0.261 e. The Balaban J connectivity index is 1.46. The van der Waals surface area contributed by atoms with E-state index in [1.807, 2.05) is 30.3 Å². The highest BCUT2D eigenvalue weighted by molar-refractivity contribution is 6.22. The fraction of sp³-hybridized carbons (Fsp3) is 0.174. The van der Waals surface area contributed by atoms with Gasteiger partial charge in [0.2, 0.25) is 5.91 Å². The van der Waals surface area contributed by atoms with Gasteiger partial charge in [0.05, 0.1) is 24.2 Å². The first kappa shape index (κ1) is 21.0. The zero-order valence-corrected chi connectivity index (χ0v) is 17.5. The van der Waals surface area contributed by atoms with Gasteiger partial charge in [0, 0.05) is 18.7 Å². The van der Waals surface area contributed by atoms with Crippen molar-refractivity contribution in [3.8, 4) is 0 Å². The molecule has 0 aliphatic carbocycles. The quantitative estimate of drug-likeness (QED) is 0.599. The monoisotopic (exact) mass is 432 g/mol. The van der Waals surface area contributed by atoms with Crippen LogP contribution < -0.4 is 5.32 Å². The second-order valence-electron chi connectivity index (χ2n) is 7.47. The smallest absolute Gasteiger partial charge is 0.261 e. The summed E-state index contributed by atoms with van der Waals surface area (Å²) in [6.07, 6.45) is 0. The molecule has 4 rings (SSSR count). The van der Waals surface area contributed by atoms with Crippen molar-refractivity contribution in [1.82, 2.24) is 15.0 Å². The van der Waals surface area contributed by atoms with E-state index in [9.17, 15) is 19.2 Å². The summed E-state index contributed by atoms with van der Waals surface area (Å²) >= 11 is 0. The van der Waals surface area contributed by atoms with Gasteiger partial charge in [-0.2, -0.15) is 0 Å². The third-order valence-electron chi connectivity index (χ3n) is 5.02. The number of anilines is 1. The van der Waals surface area contributed by atoms with E-state index in [0.29, 0.717) is 5.76 Å². The van der Waals surface area contributed by atoms with Crippen LogP contribution in [-0.2, 0) is 11.3 Å². The first-order valence-corrected chi connectivity index (χ1v) is 9.86. The van der Waals surface area contributed by atoms with E-state index in [-0.39, 0.29) is 35.6 Å². The van der Waals surface area contributed by atoms with Crippen LogP contribution in [0.4, 0.5) is 5.82 Å². The van der Waals surface area contributed by atoms with Crippen molar-refractivity contribution in [2.24, 2.45) is 0 Å². The summed E-state index contributed by atoms with van der Waals surface area (Å²) in [5.74, 6) is -0.956. The minimum atomic E-state index is -0.457. The average Bonchev–Trinajstić information content (AvgIpc) is 3.29. The molecule has 0 radical (unpaired) electrons. The number of likely N-dealkylation sites (N-methyl/N-ethyl adjacent to an activating group) is 1. The molecule has 32 heavy (non-hydrogen) atoms. The molecule has 2 heterocycles. The zero-order valence-electron chi connectivity index (χ0n) is 17.5. The van der Waals surface area contributed by atoms with Crippen molar-refractivity contribution in [3.05, 3.63) is 82.6 Å². The van der Waals surface area contributed by atoms with Gasteiger partial charge in [-0.3, -0.25) is 24.1 Å². The van der Waals surface area contributed by atoms with Crippen LogP contribution in [0.1, 0.15) is 42.4 Å². The molecule has 0 atom stereocenters. The molecule has 1 aliphatic rings. The van der Waals surface area contributed by atoms with Crippen LogP contribution in [0, 0.1) is 6.92 Å². The summed E-state index contributed by atoms with van der Waals surface area (Å²) in [4.78, 5) is 52.9. The third-order valence-corrected chi connectivity index (χ3v) is 5.02. The van der Waals surface area contributed by atoms with Crippen molar-refractivity contribution >= 4 is 29.4 Å². The van der Waals surface area contributed by atoms with E-state index in [4.69, 9.17) is 4.52 Å². The highest BCUT2D eigenvalue weighted by Gasteiger charge is 2.36. The summed E-state index contributed by atoms with van der Waals surface area (Å²) in [6.45, 7) is 1.62. The first-order valence-electron chi connectivity index (χ1n) is 9.86. The molecule has 1 aromatic heterocycles. The molecule has 0 bridgehead atoms. The van der Waals surface area contributed by atoms with Gasteiger partial charge in [-0.15, -0.1) is 0 Å². The Morgan fingerprint density at radius 2 is 1.75 bits per heavy atom. The second kappa shape index (κ2) is 8.46. The van der Waals surface area contributed by atoms with Gasteiger partial charge >= 0.3 is 0 Å². The maximum absolute atomic E-state index is 12.8. The molecule has 0 unspecified atom stereocenters. The standard InChI is InChI=1S/C23H20N4O5/c1-14-10-19(25-32-14)24-20(28)13-26(2)21(29)16-8-9-17-18(11-16)23(31)27(22(17)30)12-15-6-4-3-5-7-15/h3-11H,12-13H2,1-2H3,(H,24,25,28). The van der Waals surface area contributed by atoms with Crippen LogP contribution in [0.2, 0.25) is 0 Å². The minimum Gasteiger partial charge on any atom is -0.360 e. The topological polar surface area (TPSA) is 113 Å². The molecular formula is C23H20N4O5. The summed E-state index contributed by atoms with van der Waals surface area (Å²) in [5.41, 5.74) is 1.46. The van der Waals surface area contributed by atoms with Crippen LogP contribution in [0.25, 0.3) is 0 Å². The van der Waals surface area contributed by atoms with Crippen molar-refractivity contribution in [1.29, 1.82) is 0 Å². The molecule has 0 saturated carbocycles. The predicted molar refractivity (Wildman–Crippen MR) is 114 cm³/mol. The van der Waals surface area contributed by atoms with Gasteiger partial charge in [-0.1, -0.05) is 35.5 Å². The van der Waals surface area contributed by atoms with E-state index in [1.54, 1.807) is 13.0 Å². The molecule has 2 aromatic carbocycles. The molecule has 9 nitrogen and oxygen atoms in total. The van der Waals surface area contributed by atoms with Crippen molar-refractivity contribution in [2.75, 3.05) is 18.9 Å². The van der Waals surface area contributed by atoms with E-state index < -0.39 is 23.6 Å². The molecule has 3 aromatic rings. The second-order valence-corrected chi connectivity index (χ2v) is 7.47. The Bertz CT molecular complexity index is 1220. The fourth-order valence-corrected chi connectivity index (χ4v) is 3.45. The molecule has 9 heteroatoms. The van der Waals surface area contributed by atoms with Crippen LogP contribution in [0.3, 0.4) is 0 Å². The van der Waals surface area contributed by atoms with Crippen LogP contribution >= 0.6 is 0 Å². The number of rotatable bonds is 6. The number of nitrogens with one attached hydrogen (secondary N) is 1. The van der Waals surface area contributed by atoms with E-state index >= 15 is 0 Å². The summed E-state index contributed by atoms with van der Waals surface area (Å²) < 4.78 is 4.89. The molecule has 4 amide bonds. The van der Waals surface area contributed by atoms with Gasteiger partial charge in [0.25, 0.3) is 17.7 Å². The summed E-state index contributed by atoms with van der Waals surface area (Å²) in [7, 11) is 1.47. The molecule has 0 saturated heterocycles. The Kier molecular flexibility index (Phi) is 5.55. The number of hydrogen-bond acceptors (Lipinski definition) is 6. The highest BCUT2D eigenvalue weighted by Crippen LogP contribution is 2.26. The molecule has 1 aliphatic heterocycles. The summed E-state index contributed by atoms with van der Waals surface area (Å²) in [6, 6.07) is 15.1. The summed E-state index contributed by atoms with van der Waals surface area (Å²) in [5, 5.41) is 6.21. The number of carbonyl (C=O) groups is 4. The Morgan fingerprint density at radius 1 is 1.03 bits per heavy atom. The number of carbonyl (C=O) groups excluding carboxylic acids is 4. The van der Waals surface area contributed by atoms with Gasteiger partial charge in [-0.25, -0.2) is 0 Å². The Labute approximate surface area is 183 Å². The predicted octanol–water partition coefficient (Wildman–Crippen LogP) is 2.49. The first-order chi connectivity index (χ1) is 15.3. The van der Waals surface area contributed by atoms with E-state index in [1.165, 1.54) is 30.1 Å². The van der Waals surface area contributed by atoms with E-state index in [0.717, 1.165) is 10.5 Å². The van der Waals surface area contributed by atoms with Crippen LogP contribution in [-0.4, -0.2) is 52.2 Å². The SMILES string of the molecule is Cc1cc(NC(=O)CN(C)C(=O)c2ccc3c(c2)C(=O)N(Cc2ccccc2)C3=O)no1. The van der Waals surface area contributed by atoms with Crippen molar-refractivity contribution in [2.45, 2.75) is 13.5 Å². The van der Waals surface area contributed by atoms with E-state index in [2.05, 4.69) is 10.5 Å². The highest BCUT2D eigenvalue weighted by atomic mass is 16.5. The fourth-order valence-electron chi connectivity index (χ4n) is 3.45. The Morgan fingerprint density at radius 3 is 2.44 bits per heavy atom. The minimum absolute atomic E-state index is 0.151. The lowest BCUT2D eigenvalue weighted by atomic mass is 10.0. The van der Waals surface area contributed by atoms with Crippen molar-refractivity contribution < 1.29 is 23.7 Å². The number of nitrogens with zero attached hydrogens (tertiary/aromatic N) is 3. The number of fused-ring (bicyclic) bond motifs is 1. The number of benzene rings is 2. The normalized spacial score (nSPS) is 12.6. The third kappa shape index (κ3) is 4.13. The lowest BCUT2D eigenvalue weighted by molar-refractivity contribution is -0.116. The molecule has 1 N–H and O–H groups in total. The van der Waals surface area contributed by atoms with Crippen LogP contribution in [0.5, 0.6) is 0 Å². The average molecular weight is 432 g/mol. The number of aryl methyl sites for hydroxylation is 1. The van der Waals surface area contributed by atoms with Gasteiger partial charge in [0.1, 0.15) is 5.76 Å². The number of imide groups is 1. The molecule has 162 valence electrons.